The van der Waals surface area contributed by atoms with E-state index in [1.54, 1.807) is 6.20 Å². The highest BCUT2D eigenvalue weighted by molar-refractivity contribution is 5.95. The van der Waals surface area contributed by atoms with Crippen molar-refractivity contribution in [3.8, 4) is 0 Å². The highest BCUT2D eigenvalue weighted by atomic mass is 16.4. The lowest BCUT2D eigenvalue weighted by atomic mass is 10.2. The molecular weight excluding hydrogens is 244 g/mol. The minimum atomic E-state index is 0.0142. The summed E-state index contributed by atoms with van der Waals surface area (Å²) in [6, 6.07) is 3.72. The maximum atomic E-state index is 8.69. The second-order valence-corrected chi connectivity index (χ2v) is 4.34. The number of imidazole rings is 1. The second kappa shape index (κ2) is 4.60. The predicted octanol–water partition coefficient (Wildman–Crippen LogP) is 0.393. The summed E-state index contributed by atoms with van der Waals surface area (Å²) >= 11 is 0. The molecule has 0 atom stereocenters. The lowest BCUT2D eigenvalue weighted by Crippen LogP contribution is -2.33. The van der Waals surface area contributed by atoms with Crippen LogP contribution in [-0.2, 0) is 13.1 Å². The summed E-state index contributed by atoms with van der Waals surface area (Å²) < 4.78 is 2.14. The molecule has 0 fully saturated rings. The van der Waals surface area contributed by atoms with Gasteiger partial charge < -0.3 is 20.4 Å². The van der Waals surface area contributed by atoms with E-state index in [0.717, 1.165) is 31.1 Å². The van der Waals surface area contributed by atoms with Crippen LogP contribution in [0.4, 0.5) is 5.69 Å². The van der Waals surface area contributed by atoms with E-state index in [-0.39, 0.29) is 5.84 Å². The SMILES string of the molecule is N/C(=N/O)c1cc(N2CCn3ccnc3C2)ccn1. The number of amidine groups is 1. The summed E-state index contributed by atoms with van der Waals surface area (Å²) in [6.45, 7) is 2.53. The lowest BCUT2D eigenvalue weighted by molar-refractivity contribution is 0.318. The van der Waals surface area contributed by atoms with E-state index in [2.05, 4.69) is 24.6 Å². The molecule has 0 aliphatic carbocycles. The Morgan fingerprint density at radius 3 is 3.05 bits per heavy atom. The van der Waals surface area contributed by atoms with Crippen molar-refractivity contribution >= 4 is 11.5 Å². The molecule has 1 aliphatic heterocycles. The maximum absolute atomic E-state index is 8.69. The molecule has 0 unspecified atom stereocenters. The zero-order valence-corrected chi connectivity index (χ0v) is 10.3. The molecule has 2 aromatic rings. The third-order valence-corrected chi connectivity index (χ3v) is 3.22. The predicted molar refractivity (Wildman–Crippen MR) is 70.0 cm³/mol. The first-order valence-electron chi connectivity index (χ1n) is 5.97. The largest absolute Gasteiger partial charge is 0.409 e. The number of aromatic nitrogens is 3. The van der Waals surface area contributed by atoms with Crippen LogP contribution in [0.15, 0.2) is 35.9 Å². The number of hydrogen-bond acceptors (Lipinski definition) is 5. The minimum absolute atomic E-state index is 0.0142. The first kappa shape index (κ1) is 11.5. The molecule has 0 saturated heterocycles. The van der Waals surface area contributed by atoms with Gasteiger partial charge in [-0.2, -0.15) is 0 Å². The third-order valence-electron chi connectivity index (χ3n) is 3.22. The number of nitrogens with zero attached hydrogens (tertiary/aromatic N) is 5. The van der Waals surface area contributed by atoms with Gasteiger partial charge in [-0.05, 0) is 12.1 Å². The molecule has 1 aliphatic rings. The zero-order chi connectivity index (χ0) is 13.2. The van der Waals surface area contributed by atoms with Crippen molar-refractivity contribution in [3.05, 3.63) is 42.2 Å². The van der Waals surface area contributed by atoms with Gasteiger partial charge in [0.1, 0.15) is 11.5 Å². The number of anilines is 1. The highest BCUT2D eigenvalue weighted by Gasteiger charge is 2.17. The van der Waals surface area contributed by atoms with Crippen LogP contribution in [0.25, 0.3) is 0 Å². The van der Waals surface area contributed by atoms with Crippen molar-refractivity contribution < 1.29 is 5.21 Å². The van der Waals surface area contributed by atoms with Gasteiger partial charge in [-0.15, -0.1) is 0 Å². The van der Waals surface area contributed by atoms with Gasteiger partial charge in [0.25, 0.3) is 0 Å². The molecule has 3 N–H and O–H groups in total. The highest BCUT2D eigenvalue weighted by Crippen LogP contribution is 2.20. The topological polar surface area (TPSA) is 92.6 Å². The Labute approximate surface area is 110 Å². The fraction of sp³-hybridized carbons (Fsp3) is 0.250. The molecule has 0 spiro atoms. The quantitative estimate of drug-likeness (QED) is 0.352. The molecule has 3 rings (SSSR count). The molecule has 0 saturated carbocycles. The van der Waals surface area contributed by atoms with Crippen molar-refractivity contribution in [2.75, 3.05) is 11.4 Å². The Morgan fingerprint density at radius 2 is 2.21 bits per heavy atom. The first-order valence-corrected chi connectivity index (χ1v) is 5.97. The van der Waals surface area contributed by atoms with E-state index in [9.17, 15) is 0 Å². The Bertz CT molecular complexity index is 620. The van der Waals surface area contributed by atoms with E-state index in [0.29, 0.717) is 5.69 Å². The monoisotopic (exact) mass is 258 g/mol. The molecular formula is C12H14N6O. The summed E-state index contributed by atoms with van der Waals surface area (Å²) in [5.41, 5.74) is 7.01. The molecule has 0 aromatic carbocycles. The molecule has 7 heteroatoms. The van der Waals surface area contributed by atoms with E-state index < -0.39 is 0 Å². The smallest absolute Gasteiger partial charge is 0.188 e. The van der Waals surface area contributed by atoms with Gasteiger partial charge in [0.05, 0.1) is 6.54 Å². The molecule has 0 radical (unpaired) electrons. The Morgan fingerprint density at radius 1 is 1.32 bits per heavy atom. The summed E-state index contributed by atoms with van der Waals surface area (Å²) in [6.07, 6.45) is 5.46. The lowest BCUT2D eigenvalue weighted by Gasteiger charge is -2.29. The van der Waals surface area contributed by atoms with Gasteiger partial charge in [0.15, 0.2) is 5.84 Å². The number of oxime groups is 1. The number of pyridine rings is 1. The van der Waals surface area contributed by atoms with E-state index in [1.807, 2.05) is 24.5 Å². The molecule has 3 heterocycles. The van der Waals surface area contributed by atoms with Gasteiger partial charge in [-0.1, -0.05) is 5.16 Å². The van der Waals surface area contributed by atoms with Crippen LogP contribution in [0.5, 0.6) is 0 Å². The van der Waals surface area contributed by atoms with Gasteiger partial charge in [0, 0.05) is 37.4 Å². The molecule has 0 amide bonds. The Hall–Kier alpha value is -2.57. The maximum Gasteiger partial charge on any atom is 0.188 e. The summed E-state index contributed by atoms with van der Waals surface area (Å²) in [5, 5.41) is 11.7. The molecule has 0 bridgehead atoms. The van der Waals surface area contributed by atoms with Crippen LogP contribution in [0.3, 0.4) is 0 Å². The Kier molecular flexibility index (Phi) is 2.79. The number of hydrogen-bond donors (Lipinski definition) is 2. The zero-order valence-electron chi connectivity index (χ0n) is 10.3. The van der Waals surface area contributed by atoms with Gasteiger partial charge in [-0.25, -0.2) is 4.98 Å². The minimum Gasteiger partial charge on any atom is -0.409 e. The van der Waals surface area contributed by atoms with Gasteiger partial charge in [0.2, 0.25) is 0 Å². The first-order chi connectivity index (χ1) is 9.28. The van der Waals surface area contributed by atoms with E-state index >= 15 is 0 Å². The third kappa shape index (κ3) is 2.10. The number of rotatable bonds is 2. The number of fused-ring (bicyclic) bond motifs is 1. The average Bonchev–Trinajstić information content (AvgIpc) is 2.94. The average molecular weight is 258 g/mol. The van der Waals surface area contributed by atoms with Crippen molar-refractivity contribution in [2.24, 2.45) is 10.9 Å². The van der Waals surface area contributed by atoms with Crippen LogP contribution < -0.4 is 10.6 Å². The molecule has 98 valence electrons. The van der Waals surface area contributed by atoms with Crippen LogP contribution in [0.2, 0.25) is 0 Å². The second-order valence-electron chi connectivity index (χ2n) is 4.34. The van der Waals surface area contributed by atoms with Crippen LogP contribution in [0, 0.1) is 0 Å². The van der Waals surface area contributed by atoms with Crippen LogP contribution in [-0.4, -0.2) is 32.1 Å². The van der Waals surface area contributed by atoms with Crippen molar-refractivity contribution in [3.63, 3.8) is 0 Å². The standard InChI is InChI=1S/C12H14N6O/c13-12(16-19)10-7-9(1-2-14-10)18-6-5-17-4-3-15-11(17)8-18/h1-4,7,19H,5-6,8H2,(H2,13,16). The van der Waals surface area contributed by atoms with Crippen molar-refractivity contribution in [2.45, 2.75) is 13.1 Å². The van der Waals surface area contributed by atoms with Crippen molar-refractivity contribution in [1.82, 2.24) is 14.5 Å². The normalized spacial score (nSPS) is 15.4. The van der Waals surface area contributed by atoms with Crippen LogP contribution >= 0.6 is 0 Å². The van der Waals surface area contributed by atoms with Gasteiger partial charge >= 0.3 is 0 Å². The Balaban J connectivity index is 1.88. The fourth-order valence-corrected chi connectivity index (χ4v) is 2.20. The van der Waals surface area contributed by atoms with Crippen molar-refractivity contribution in [1.29, 1.82) is 0 Å². The van der Waals surface area contributed by atoms with Crippen LogP contribution in [0.1, 0.15) is 11.5 Å². The van der Waals surface area contributed by atoms with Gasteiger partial charge in [-0.3, -0.25) is 4.98 Å². The summed E-state index contributed by atoms with van der Waals surface area (Å²) in [5.74, 6) is 1.05. The van der Waals surface area contributed by atoms with E-state index in [4.69, 9.17) is 10.9 Å². The number of nitrogens with two attached hydrogens (primary N) is 1. The summed E-state index contributed by atoms with van der Waals surface area (Å²) in [4.78, 5) is 10.6. The summed E-state index contributed by atoms with van der Waals surface area (Å²) in [7, 11) is 0. The molecule has 2 aromatic heterocycles. The molecule has 19 heavy (non-hydrogen) atoms. The molecule has 7 nitrogen and oxygen atoms in total. The fourth-order valence-electron chi connectivity index (χ4n) is 2.20. The van der Waals surface area contributed by atoms with E-state index in [1.165, 1.54) is 0 Å².